The van der Waals surface area contributed by atoms with Crippen LogP contribution in [-0.2, 0) is 16.1 Å². The van der Waals surface area contributed by atoms with Crippen molar-refractivity contribution in [3.63, 3.8) is 0 Å². The van der Waals surface area contributed by atoms with Crippen LogP contribution in [0.15, 0.2) is 78.9 Å². The van der Waals surface area contributed by atoms with Gasteiger partial charge >= 0.3 is 5.97 Å². The van der Waals surface area contributed by atoms with Crippen molar-refractivity contribution in [2.24, 2.45) is 0 Å². The Balaban J connectivity index is 1.87. The van der Waals surface area contributed by atoms with Crippen LogP contribution in [0.4, 0.5) is 0 Å². The highest BCUT2D eigenvalue weighted by Crippen LogP contribution is 2.25. The number of rotatable bonds is 6. The standard InChI is InChI=1S/C24H19NO3/c1-27-23-10-6-5-9-21(23)15-22(20-7-3-2-4-8-20)24(26)28-17-19-13-11-18(16-25)12-14-19/h2-15H,17H2,1H3. The van der Waals surface area contributed by atoms with Gasteiger partial charge in [-0.15, -0.1) is 0 Å². The highest BCUT2D eigenvalue weighted by molar-refractivity contribution is 6.21. The van der Waals surface area contributed by atoms with Gasteiger partial charge in [-0.25, -0.2) is 4.79 Å². The molecule has 0 saturated heterocycles. The van der Waals surface area contributed by atoms with Gasteiger partial charge in [0.2, 0.25) is 0 Å². The molecule has 0 heterocycles. The number of carbonyl (C=O) groups excluding carboxylic acids is 1. The van der Waals surface area contributed by atoms with E-state index in [0.29, 0.717) is 16.9 Å². The Kier molecular flexibility index (Phi) is 6.22. The molecule has 0 aromatic heterocycles. The van der Waals surface area contributed by atoms with E-state index in [4.69, 9.17) is 14.7 Å². The number of carbonyl (C=O) groups is 1. The largest absolute Gasteiger partial charge is 0.496 e. The Morgan fingerprint density at radius 3 is 2.32 bits per heavy atom. The predicted octanol–water partition coefficient (Wildman–Crippen LogP) is 4.85. The minimum Gasteiger partial charge on any atom is -0.496 e. The van der Waals surface area contributed by atoms with Crippen molar-refractivity contribution in [2.75, 3.05) is 7.11 Å². The van der Waals surface area contributed by atoms with E-state index >= 15 is 0 Å². The molecule has 3 aromatic rings. The van der Waals surface area contributed by atoms with Gasteiger partial charge in [-0.3, -0.25) is 0 Å². The summed E-state index contributed by atoms with van der Waals surface area (Å²) in [7, 11) is 1.60. The van der Waals surface area contributed by atoms with Crippen LogP contribution in [0.1, 0.15) is 22.3 Å². The molecular formula is C24H19NO3. The van der Waals surface area contributed by atoms with Crippen molar-refractivity contribution in [1.82, 2.24) is 0 Å². The second kappa shape index (κ2) is 9.20. The van der Waals surface area contributed by atoms with Gasteiger partial charge in [0.1, 0.15) is 12.4 Å². The van der Waals surface area contributed by atoms with E-state index in [2.05, 4.69) is 6.07 Å². The third-order valence-electron chi connectivity index (χ3n) is 4.20. The number of para-hydroxylation sites is 1. The first kappa shape index (κ1) is 18.9. The van der Waals surface area contributed by atoms with Crippen molar-refractivity contribution in [3.8, 4) is 11.8 Å². The van der Waals surface area contributed by atoms with E-state index in [9.17, 15) is 4.79 Å². The Morgan fingerprint density at radius 2 is 1.64 bits per heavy atom. The average molecular weight is 369 g/mol. The fraction of sp³-hybridized carbons (Fsp3) is 0.0833. The predicted molar refractivity (Wildman–Crippen MR) is 108 cm³/mol. The highest BCUT2D eigenvalue weighted by Gasteiger charge is 2.15. The van der Waals surface area contributed by atoms with E-state index < -0.39 is 5.97 Å². The molecule has 0 saturated carbocycles. The average Bonchev–Trinajstić information content (AvgIpc) is 2.77. The second-order valence-electron chi connectivity index (χ2n) is 6.05. The maximum atomic E-state index is 12.9. The number of nitriles is 1. The molecule has 138 valence electrons. The first-order valence-electron chi connectivity index (χ1n) is 8.77. The number of methoxy groups -OCH3 is 1. The zero-order valence-electron chi connectivity index (χ0n) is 15.5. The zero-order valence-corrected chi connectivity index (χ0v) is 15.5. The van der Waals surface area contributed by atoms with E-state index in [1.54, 1.807) is 37.5 Å². The maximum Gasteiger partial charge on any atom is 0.339 e. The molecule has 0 spiro atoms. The minimum absolute atomic E-state index is 0.126. The Morgan fingerprint density at radius 1 is 0.964 bits per heavy atom. The summed E-state index contributed by atoms with van der Waals surface area (Å²) in [6.45, 7) is 0.126. The second-order valence-corrected chi connectivity index (χ2v) is 6.05. The Labute approximate surface area is 164 Å². The van der Waals surface area contributed by atoms with E-state index in [1.807, 2.05) is 54.6 Å². The maximum absolute atomic E-state index is 12.9. The van der Waals surface area contributed by atoms with Crippen LogP contribution in [0, 0.1) is 11.3 Å². The number of hydrogen-bond acceptors (Lipinski definition) is 4. The summed E-state index contributed by atoms with van der Waals surface area (Å²) in [6, 6.07) is 25.9. The third kappa shape index (κ3) is 4.66. The summed E-state index contributed by atoms with van der Waals surface area (Å²) in [5.74, 6) is 0.247. The molecule has 0 bridgehead atoms. The smallest absolute Gasteiger partial charge is 0.339 e. The van der Waals surface area contributed by atoms with Crippen LogP contribution in [0.5, 0.6) is 5.75 Å². The molecule has 0 radical (unpaired) electrons. The number of hydrogen-bond donors (Lipinski definition) is 0. The van der Waals surface area contributed by atoms with Crippen molar-refractivity contribution < 1.29 is 14.3 Å². The van der Waals surface area contributed by atoms with Crippen molar-refractivity contribution in [2.45, 2.75) is 6.61 Å². The Hall–Kier alpha value is -3.84. The summed E-state index contributed by atoms with van der Waals surface area (Å²) < 4.78 is 10.9. The summed E-state index contributed by atoms with van der Waals surface area (Å²) in [5, 5.41) is 8.88. The lowest BCUT2D eigenvalue weighted by molar-refractivity contribution is -0.137. The van der Waals surface area contributed by atoms with Crippen LogP contribution in [0.3, 0.4) is 0 Å². The van der Waals surface area contributed by atoms with Gasteiger partial charge in [0, 0.05) is 5.56 Å². The molecule has 3 rings (SSSR count). The highest BCUT2D eigenvalue weighted by atomic mass is 16.5. The fourth-order valence-corrected chi connectivity index (χ4v) is 2.72. The molecule has 0 unspecified atom stereocenters. The molecule has 0 aliphatic heterocycles. The quantitative estimate of drug-likeness (QED) is 0.354. The number of nitrogens with zero attached hydrogens (tertiary/aromatic N) is 1. The van der Waals surface area contributed by atoms with Gasteiger partial charge in [-0.1, -0.05) is 60.7 Å². The van der Waals surface area contributed by atoms with E-state index in [0.717, 1.165) is 16.7 Å². The van der Waals surface area contributed by atoms with E-state index in [1.165, 1.54) is 0 Å². The van der Waals surface area contributed by atoms with Gasteiger partial charge in [0.25, 0.3) is 0 Å². The molecule has 28 heavy (non-hydrogen) atoms. The molecule has 0 aliphatic rings. The third-order valence-corrected chi connectivity index (χ3v) is 4.20. The first-order valence-corrected chi connectivity index (χ1v) is 8.77. The summed E-state index contributed by atoms with van der Waals surface area (Å²) in [5.41, 5.74) is 3.38. The first-order chi connectivity index (χ1) is 13.7. The fourth-order valence-electron chi connectivity index (χ4n) is 2.72. The lowest BCUT2D eigenvalue weighted by Gasteiger charge is -2.11. The summed E-state index contributed by atoms with van der Waals surface area (Å²) in [6.07, 6.45) is 1.77. The number of ether oxygens (including phenoxy) is 2. The topological polar surface area (TPSA) is 59.3 Å². The molecule has 0 N–H and O–H groups in total. The van der Waals surface area contributed by atoms with Crippen molar-refractivity contribution in [1.29, 1.82) is 5.26 Å². The van der Waals surface area contributed by atoms with Crippen molar-refractivity contribution >= 4 is 17.6 Å². The monoisotopic (exact) mass is 369 g/mol. The van der Waals surface area contributed by atoms with Crippen LogP contribution >= 0.6 is 0 Å². The van der Waals surface area contributed by atoms with Gasteiger partial charge in [-0.2, -0.15) is 5.26 Å². The molecule has 0 fully saturated rings. The molecule has 3 aromatic carbocycles. The van der Waals surface area contributed by atoms with Crippen molar-refractivity contribution in [3.05, 3.63) is 101 Å². The van der Waals surface area contributed by atoms with Crippen LogP contribution in [0.25, 0.3) is 11.6 Å². The van der Waals surface area contributed by atoms with Crippen LogP contribution in [0.2, 0.25) is 0 Å². The Bertz CT molecular complexity index is 1020. The van der Waals surface area contributed by atoms with Crippen LogP contribution in [-0.4, -0.2) is 13.1 Å². The summed E-state index contributed by atoms with van der Waals surface area (Å²) >= 11 is 0. The molecule has 0 aliphatic carbocycles. The lowest BCUT2D eigenvalue weighted by Crippen LogP contribution is -2.07. The van der Waals surface area contributed by atoms with Gasteiger partial charge in [0.05, 0.1) is 24.3 Å². The molecule has 4 heteroatoms. The minimum atomic E-state index is -0.429. The molecule has 4 nitrogen and oxygen atoms in total. The lowest BCUT2D eigenvalue weighted by atomic mass is 10.0. The molecule has 0 atom stereocenters. The number of benzene rings is 3. The zero-order chi connectivity index (χ0) is 19.8. The van der Waals surface area contributed by atoms with Gasteiger partial charge in [0.15, 0.2) is 0 Å². The molecule has 0 amide bonds. The van der Waals surface area contributed by atoms with Gasteiger partial charge < -0.3 is 9.47 Å². The van der Waals surface area contributed by atoms with Gasteiger partial charge in [-0.05, 0) is 35.4 Å². The molecular weight excluding hydrogens is 350 g/mol. The number of esters is 1. The van der Waals surface area contributed by atoms with E-state index in [-0.39, 0.29) is 6.61 Å². The van der Waals surface area contributed by atoms with Crippen LogP contribution < -0.4 is 4.74 Å². The summed E-state index contributed by atoms with van der Waals surface area (Å²) in [4.78, 5) is 12.9. The SMILES string of the molecule is COc1ccccc1C=C(C(=O)OCc1ccc(C#N)cc1)c1ccccc1. The normalized spacial score (nSPS) is 10.8.